The molecule has 3 N–H and O–H groups in total. The van der Waals surface area contributed by atoms with Crippen LogP contribution in [0.3, 0.4) is 0 Å². The number of benzene rings is 1. The number of nitrogen functional groups attached to an aromatic ring is 1. The summed E-state index contributed by atoms with van der Waals surface area (Å²) in [5, 5.41) is 2.40. The van der Waals surface area contributed by atoms with Crippen LogP contribution in [0.4, 0.5) is 15.9 Å². The predicted molar refractivity (Wildman–Crippen MR) is 68.5 cm³/mol. The molecule has 0 spiro atoms. The van der Waals surface area contributed by atoms with E-state index in [1.54, 1.807) is 6.07 Å². The van der Waals surface area contributed by atoms with Crippen molar-refractivity contribution >= 4 is 33.3 Å². The number of halogens is 2. The number of amides is 1. The molecule has 7 heteroatoms. The van der Waals surface area contributed by atoms with Crippen molar-refractivity contribution in [2.24, 2.45) is 0 Å². The molecule has 0 saturated carbocycles. The van der Waals surface area contributed by atoms with Gasteiger partial charge >= 0.3 is 0 Å². The summed E-state index contributed by atoms with van der Waals surface area (Å²) in [6.45, 7) is 0. The Labute approximate surface area is 110 Å². The number of carbonyl (C=O) groups excluding carboxylic acids is 1. The fourth-order valence-corrected chi connectivity index (χ4v) is 1.57. The molecule has 2 aromatic rings. The summed E-state index contributed by atoms with van der Waals surface area (Å²) in [5.41, 5.74) is 5.48. The standard InChI is InChI=1S/C11H8BrFN4O/c12-6-1-2-8(7(13)3-6)17-11(18)9-4-16-10(14)5-15-9/h1-5H,(H2,14,16)(H,17,18). The zero-order valence-corrected chi connectivity index (χ0v) is 10.6. The maximum absolute atomic E-state index is 13.5. The normalized spacial score (nSPS) is 10.1. The number of nitrogens with two attached hydrogens (primary N) is 1. The van der Waals surface area contributed by atoms with Gasteiger partial charge in [-0.15, -0.1) is 0 Å². The summed E-state index contributed by atoms with van der Waals surface area (Å²) in [6, 6.07) is 4.32. The van der Waals surface area contributed by atoms with Gasteiger partial charge in [-0.3, -0.25) is 4.79 Å². The van der Waals surface area contributed by atoms with Crippen LogP contribution >= 0.6 is 15.9 Å². The topological polar surface area (TPSA) is 80.9 Å². The van der Waals surface area contributed by atoms with E-state index in [-0.39, 0.29) is 17.2 Å². The lowest BCUT2D eigenvalue weighted by molar-refractivity contribution is 0.102. The molecule has 18 heavy (non-hydrogen) atoms. The number of nitrogens with zero attached hydrogens (tertiary/aromatic N) is 2. The highest BCUT2D eigenvalue weighted by atomic mass is 79.9. The first-order chi connectivity index (χ1) is 8.56. The number of aromatic nitrogens is 2. The van der Waals surface area contributed by atoms with Crippen LogP contribution in [0.15, 0.2) is 35.1 Å². The minimum Gasteiger partial charge on any atom is -0.382 e. The second-order valence-electron chi connectivity index (χ2n) is 3.40. The summed E-state index contributed by atoms with van der Waals surface area (Å²) in [5.74, 6) is -0.883. The monoisotopic (exact) mass is 310 g/mol. The summed E-state index contributed by atoms with van der Waals surface area (Å²) < 4.78 is 14.1. The van der Waals surface area contributed by atoms with Crippen molar-refractivity contribution < 1.29 is 9.18 Å². The molecule has 0 atom stereocenters. The predicted octanol–water partition coefficient (Wildman–Crippen LogP) is 2.21. The molecule has 0 aliphatic heterocycles. The fraction of sp³-hybridized carbons (Fsp3) is 0. The van der Waals surface area contributed by atoms with Crippen molar-refractivity contribution in [1.29, 1.82) is 0 Å². The van der Waals surface area contributed by atoms with Gasteiger partial charge in [-0.05, 0) is 18.2 Å². The second-order valence-corrected chi connectivity index (χ2v) is 4.32. The lowest BCUT2D eigenvalue weighted by Crippen LogP contribution is -2.15. The molecule has 0 saturated heterocycles. The third-order valence-corrected chi connectivity index (χ3v) is 2.58. The molecule has 1 aromatic heterocycles. The van der Waals surface area contributed by atoms with Crippen LogP contribution in [0.5, 0.6) is 0 Å². The van der Waals surface area contributed by atoms with E-state index in [0.717, 1.165) is 0 Å². The van der Waals surface area contributed by atoms with Crippen molar-refractivity contribution in [1.82, 2.24) is 9.97 Å². The molecule has 1 heterocycles. The van der Waals surface area contributed by atoms with E-state index in [1.807, 2.05) is 0 Å². The zero-order valence-electron chi connectivity index (χ0n) is 9.02. The highest BCUT2D eigenvalue weighted by Crippen LogP contribution is 2.19. The molecule has 5 nitrogen and oxygen atoms in total. The van der Waals surface area contributed by atoms with Crippen LogP contribution in [0.25, 0.3) is 0 Å². The van der Waals surface area contributed by atoms with Gasteiger partial charge in [-0.1, -0.05) is 15.9 Å². The lowest BCUT2D eigenvalue weighted by atomic mass is 10.3. The molecule has 0 unspecified atom stereocenters. The van der Waals surface area contributed by atoms with E-state index in [4.69, 9.17) is 5.73 Å². The largest absolute Gasteiger partial charge is 0.382 e. The molecule has 0 aliphatic carbocycles. The first-order valence-corrected chi connectivity index (χ1v) is 5.69. The van der Waals surface area contributed by atoms with Crippen molar-refractivity contribution in [2.75, 3.05) is 11.1 Å². The molecular formula is C11H8BrFN4O. The van der Waals surface area contributed by atoms with Crippen molar-refractivity contribution in [3.8, 4) is 0 Å². The summed E-state index contributed by atoms with van der Waals surface area (Å²) in [6.07, 6.45) is 2.48. The zero-order chi connectivity index (χ0) is 13.1. The van der Waals surface area contributed by atoms with Crippen LogP contribution in [-0.2, 0) is 0 Å². The Balaban J connectivity index is 2.18. The van der Waals surface area contributed by atoms with E-state index < -0.39 is 11.7 Å². The Hall–Kier alpha value is -2.02. The lowest BCUT2D eigenvalue weighted by Gasteiger charge is -2.06. The summed E-state index contributed by atoms with van der Waals surface area (Å²) in [4.78, 5) is 19.3. The first-order valence-electron chi connectivity index (χ1n) is 4.90. The van der Waals surface area contributed by atoms with E-state index in [9.17, 15) is 9.18 Å². The Morgan fingerprint density at radius 1 is 1.33 bits per heavy atom. The van der Waals surface area contributed by atoms with Crippen LogP contribution in [0.1, 0.15) is 10.5 Å². The number of carbonyl (C=O) groups is 1. The number of hydrogen-bond donors (Lipinski definition) is 2. The average molecular weight is 311 g/mol. The minimum absolute atomic E-state index is 0.0616. The van der Waals surface area contributed by atoms with Gasteiger partial charge in [0, 0.05) is 4.47 Å². The Kier molecular flexibility index (Phi) is 3.52. The molecule has 0 radical (unpaired) electrons. The van der Waals surface area contributed by atoms with Gasteiger partial charge in [0.05, 0.1) is 18.1 Å². The molecular weight excluding hydrogens is 303 g/mol. The van der Waals surface area contributed by atoms with E-state index in [0.29, 0.717) is 4.47 Å². The molecule has 0 bridgehead atoms. The molecule has 0 aliphatic rings. The molecule has 0 fully saturated rings. The van der Waals surface area contributed by atoms with Gasteiger partial charge in [0.2, 0.25) is 0 Å². The maximum atomic E-state index is 13.5. The Bertz CT molecular complexity index is 588. The van der Waals surface area contributed by atoms with Crippen molar-refractivity contribution in [3.63, 3.8) is 0 Å². The van der Waals surface area contributed by atoms with Gasteiger partial charge in [-0.2, -0.15) is 0 Å². The van der Waals surface area contributed by atoms with Gasteiger partial charge in [0.25, 0.3) is 5.91 Å². The number of anilines is 2. The highest BCUT2D eigenvalue weighted by molar-refractivity contribution is 9.10. The van der Waals surface area contributed by atoms with Crippen molar-refractivity contribution in [3.05, 3.63) is 46.6 Å². The number of rotatable bonds is 2. The number of hydrogen-bond acceptors (Lipinski definition) is 4. The SMILES string of the molecule is Nc1cnc(C(=O)Nc2ccc(Br)cc2F)cn1. The molecule has 92 valence electrons. The Morgan fingerprint density at radius 3 is 2.72 bits per heavy atom. The first kappa shape index (κ1) is 12.4. The van der Waals surface area contributed by atoms with Crippen LogP contribution in [0, 0.1) is 5.82 Å². The third-order valence-electron chi connectivity index (χ3n) is 2.08. The Morgan fingerprint density at radius 2 is 2.11 bits per heavy atom. The summed E-state index contributed by atoms with van der Waals surface area (Å²) in [7, 11) is 0. The second kappa shape index (κ2) is 5.09. The highest BCUT2D eigenvalue weighted by Gasteiger charge is 2.11. The van der Waals surface area contributed by atoms with Gasteiger partial charge in [0.15, 0.2) is 0 Å². The van der Waals surface area contributed by atoms with E-state index in [2.05, 4.69) is 31.2 Å². The molecule has 1 amide bonds. The summed E-state index contributed by atoms with van der Waals surface area (Å²) >= 11 is 3.13. The maximum Gasteiger partial charge on any atom is 0.275 e. The van der Waals surface area contributed by atoms with Crippen LogP contribution in [-0.4, -0.2) is 15.9 Å². The van der Waals surface area contributed by atoms with Gasteiger partial charge in [0.1, 0.15) is 17.3 Å². The fourth-order valence-electron chi connectivity index (χ4n) is 1.23. The van der Waals surface area contributed by atoms with Crippen molar-refractivity contribution in [2.45, 2.75) is 0 Å². The average Bonchev–Trinajstić information content (AvgIpc) is 2.33. The molecule has 2 rings (SSSR count). The molecule has 1 aromatic carbocycles. The quantitative estimate of drug-likeness (QED) is 0.891. The smallest absolute Gasteiger partial charge is 0.275 e. The number of nitrogens with one attached hydrogen (secondary N) is 1. The third kappa shape index (κ3) is 2.80. The van der Waals surface area contributed by atoms with Gasteiger partial charge < -0.3 is 11.1 Å². The van der Waals surface area contributed by atoms with Crippen LogP contribution in [0.2, 0.25) is 0 Å². The van der Waals surface area contributed by atoms with Gasteiger partial charge in [-0.25, -0.2) is 14.4 Å². The van der Waals surface area contributed by atoms with Crippen LogP contribution < -0.4 is 11.1 Å². The minimum atomic E-state index is -0.552. The van der Waals surface area contributed by atoms with E-state index in [1.165, 1.54) is 24.5 Å². The van der Waals surface area contributed by atoms with E-state index >= 15 is 0 Å².